The molecule has 1 saturated heterocycles. The van der Waals surface area contributed by atoms with Gasteiger partial charge in [0.05, 0.1) is 11.5 Å². The molecule has 0 radical (unpaired) electrons. The molecular weight excluding hydrogens is 240 g/mol. The van der Waals surface area contributed by atoms with Gasteiger partial charge >= 0.3 is 0 Å². The number of nitriles is 1. The number of hydrogen-bond donors (Lipinski definition) is 1. The van der Waals surface area contributed by atoms with Gasteiger partial charge in [-0.1, -0.05) is 0 Å². The van der Waals surface area contributed by atoms with E-state index < -0.39 is 0 Å². The number of hydrogen-bond acceptors (Lipinski definition) is 4. The quantitative estimate of drug-likeness (QED) is 0.863. The highest BCUT2D eigenvalue weighted by atomic mass is 16.1. The maximum atomic E-state index is 11.7. The van der Waals surface area contributed by atoms with Gasteiger partial charge in [-0.3, -0.25) is 4.79 Å². The Labute approximate surface area is 113 Å². The van der Waals surface area contributed by atoms with Crippen molar-refractivity contribution in [2.75, 3.05) is 25.0 Å². The van der Waals surface area contributed by atoms with E-state index in [2.05, 4.69) is 16.4 Å². The third-order valence-electron chi connectivity index (χ3n) is 3.54. The fourth-order valence-electron chi connectivity index (χ4n) is 2.55. The monoisotopic (exact) mass is 258 g/mol. The van der Waals surface area contributed by atoms with E-state index in [1.807, 2.05) is 24.8 Å². The fraction of sp³-hybridized carbons (Fsp3) is 0.500. The van der Waals surface area contributed by atoms with Gasteiger partial charge in [0.2, 0.25) is 5.91 Å². The van der Waals surface area contributed by atoms with E-state index in [0.29, 0.717) is 17.9 Å². The Morgan fingerprint density at radius 3 is 2.95 bits per heavy atom. The maximum Gasteiger partial charge on any atom is 0.224 e. The number of aryl methyl sites for hydroxylation is 2. The Hall–Kier alpha value is -2.09. The highest BCUT2D eigenvalue weighted by Gasteiger charge is 2.30. The second-order valence-electron chi connectivity index (χ2n) is 4.94. The number of rotatable bonds is 2. The van der Waals surface area contributed by atoms with Gasteiger partial charge in [0.25, 0.3) is 0 Å². The van der Waals surface area contributed by atoms with Gasteiger partial charge < -0.3 is 10.2 Å². The summed E-state index contributed by atoms with van der Waals surface area (Å²) in [6.07, 6.45) is 0.805. The van der Waals surface area contributed by atoms with E-state index in [1.165, 1.54) is 0 Å². The van der Waals surface area contributed by atoms with E-state index in [4.69, 9.17) is 0 Å². The summed E-state index contributed by atoms with van der Waals surface area (Å²) in [6, 6.07) is 4.13. The number of carbonyl (C=O) groups is 1. The maximum absolute atomic E-state index is 11.7. The molecule has 1 atom stereocenters. The first-order valence-electron chi connectivity index (χ1n) is 6.41. The largest absolute Gasteiger partial charge is 0.359 e. The zero-order valence-corrected chi connectivity index (χ0v) is 11.5. The van der Waals surface area contributed by atoms with Crippen LogP contribution in [0.25, 0.3) is 0 Å². The van der Waals surface area contributed by atoms with Crippen LogP contribution in [-0.4, -0.2) is 31.0 Å². The minimum absolute atomic E-state index is 0.0147. The van der Waals surface area contributed by atoms with E-state index in [9.17, 15) is 10.1 Å². The molecule has 100 valence electrons. The number of pyridine rings is 1. The summed E-state index contributed by atoms with van der Waals surface area (Å²) < 4.78 is 0. The van der Waals surface area contributed by atoms with Gasteiger partial charge in [-0.15, -0.1) is 0 Å². The van der Waals surface area contributed by atoms with Gasteiger partial charge in [0.15, 0.2) is 0 Å². The molecule has 0 aliphatic carbocycles. The van der Waals surface area contributed by atoms with Crippen molar-refractivity contribution in [3.8, 4) is 6.07 Å². The van der Waals surface area contributed by atoms with E-state index in [-0.39, 0.29) is 11.8 Å². The van der Waals surface area contributed by atoms with Crippen molar-refractivity contribution in [3.63, 3.8) is 0 Å². The number of carbonyl (C=O) groups excluding carboxylic acids is 1. The number of anilines is 1. The highest BCUT2D eigenvalue weighted by Crippen LogP contribution is 2.27. The van der Waals surface area contributed by atoms with Crippen molar-refractivity contribution in [2.24, 2.45) is 5.92 Å². The second kappa shape index (κ2) is 5.27. The van der Waals surface area contributed by atoms with Crippen LogP contribution in [0.2, 0.25) is 0 Å². The molecule has 0 unspecified atom stereocenters. The fourth-order valence-corrected chi connectivity index (χ4v) is 2.55. The first-order valence-corrected chi connectivity index (χ1v) is 6.41. The summed E-state index contributed by atoms with van der Waals surface area (Å²) in [5.41, 5.74) is 2.45. The van der Waals surface area contributed by atoms with Crippen molar-refractivity contribution in [2.45, 2.75) is 20.3 Å². The van der Waals surface area contributed by atoms with E-state index >= 15 is 0 Å². The molecule has 19 heavy (non-hydrogen) atoms. The SMILES string of the molecule is CNC(=O)[C@@H]1CCN(c2nc(C)cc(C)c2C#N)C1. The molecule has 0 saturated carbocycles. The molecule has 2 rings (SSSR count). The first kappa shape index (κ1) is 13.3. The lowest BCUT2D eigenvalue weighted by Crippen LogP contribution is -2.30. The molecule has 1 N–H and O–H groups in total. The van der Waals surface area contributed by atoms with Crippen molar-refractivity contribution in [1.82, 2.24) is 10.3 Å². The van der Waals surface area contributed by atoms with Crippen LogP contribution in [0.5, 0.6) is 0 Å². The molecular formula is C14H18N4O. The van der Waals surface area contributed by atoms with Crippen LogP contribution in [0.15, 0.2) is 6.07 Å². The third-order valence-corrected chi connectivity index (χ3v) is 3.54. The molecule has 0 bridgehead atoms. The van der Waals surface area contributed by atoms with Gasteiger partial charge in [-0.2, -0.15) is 5.26 Å². The summed E-state index contributed by atoms with van der Waals surface area (Å²) >= 11 is 0. The van der Waals surface area contributed by atoms with Crippen molar-refractivity contribution in [1.29, 1.82) is 5.26 Å². The molecule has 0 spiro atoms. The zero-order chi connectivity index (χ0) is 14.0. The third kappa shape index (κ3) is 2.53. The molecule has 1 fully saturated rings. The molecule has 1 aromatic rings. The number of amides is 1. The smallest absolute Gasteiger partial charge is 0.224 e. The van der Waals surface area contributed by atoms with Gasteiger partial charge in [0.1, 0.15) is 11.9 Å². The molecule has 2 heterocycles. The lowest BCUT2D eigenvalue weighted by molar-refractivity contribution is -0.123. The normalized spacial score (nSPS) is 18.2. The lowest BCUT2D eigenvalue weighted by atomic mass is 10.1. The Kier molecular flexibility index (Phi) is 3.70. The summed E-state index contributed by atoms with van der Waals surface area (Å²) in [5.74, 6) is 0.760. The van der Waals surface area contributed by atoms with Crippen LogP contribution < -0.4 is 10.2 Å². The van der Waals surface area contributed by atoms with Crippen LogP contribution in [-0.2, 0) is 4.79 Å². The van der Waals surface area contributed by atoms with Crippen LogP contribution in [0.4, 0.5) is 5.82 Å². The average Bonchev–Trinajstić information content (AvgIpc) is 2.86. The molecule has 5 nitrogen and oxygen atoms in total. The zero-order valence-electron chi connectivity index (χ0n) is 11.5. The number of aromatic nitrogens is 1. The van der Waals surface area contributed by atoms with Crippen LogP contribution in [0.3, 0.4) is 0 Å². The Morgan fingerprint density at radius 1 is 1.58 bits per heavy atom. The minimum atomic E-state index is -0.0147. The predicted octanol–water partition coefficient (Wildman–Crippen LogP) is 1.14. The van der Waals surface area contributed by atoms with E-state index in [1.54, 1.807) is 7.05 Å². The van der Waals surface area contributed by atoms with Crippen LogP contribution in [0.1, 0.15) is 23.2 Å². The topological polar surface area (TPSA) is 69.0 Å². The lowest BCUT2D eigenvalue weighted by Gasteiger charge is -2.20. The van der Waals surface area contributed by atoms with Gasteiger partial charge in [-0.05, 0) is 31.9 Å². The van der Waals surface area contributed by atoms with Gasteiger partial charge in [-0.25, -0.2) is 4.98 Å². The Bertz CT molecular complexity index is 547. The highest BCUT2D eigenvalue weighted by molar-refractivity contribution is 5.79. The van der Waals surface area contributed by atoms with Gasteiger partial charge in [0, 0.05) is 25.8 Å². The predicted molar refractivity (Wildman–Crippen MR) is 72.8 cm³/mol. The average molecular weight is 258 g/mol. The summed E-state index contributed by atoms with van der Waals surface area (Å²) in [5, 5.41) is 12.0. The molecule has 1 aliphatic rings. The van der Waals surface area contributed by atoms with Crippen molar-refractivity contribution < 1.29 is 4.79 Å². The first-order chi connectivity index (χ1) is 9.06. The number of nitrogens with zero attached hydrogens (tertiary/aromatic N) is 3. The summed E-state index contributed by atoms with van der Waals surface area (Å²) in [7, 11) is 1.65. The molecule has 1 aliphatic heterocycles. The van der Waals surface area contributed by atoms with Crippen LogP contribution >= 0.6 is 0 Å². The molecule has 0 aromatic carbocycles. The standard InChI is InChI=1S/C14H18N4O/c1-9-6-10(2)17-13(12(9)7-15)18-5-4-11(8-18)14(19)16-3/h6,11H,4-5,8H2,1-3H3,(H,16,19)/t11-/m1/s1. The Morgan fingerprint density at radius 2 is 2.32 bits per heavy atom. The van der Waals surface area contributed by atoms with Crippen LogP contribution in [0, 0.1) is 31.1 Å². The van der Waals surface area contributed by atoms with Crippen molar-refractivity contribution in [3.05, 3.63) is 22.9 Å². The summed E-state index contributed by atoms with van der Waals surface area (Å²) in [4.78, 5) is 18.2. The Balaban J connectivity index is 2.29. The van der Waals surface area contributed by atoms with Crippen molar-refractivity contribution >= 4 is 11.7 Å². The molecule has 1 aromatic heterocycles. The molecule has 5 heteroatoms. The number of nitrogens with one attached hydrogen (secondary N) is 1. The molecule has 1 amide bonds. The summed E-state index contributed by atoms with van der Waals surface area (Å²) in [6.45, 7) is 5.24. The van der Waals surface area contributed by atoms with E-state index in [0.717, 1.165) is 24.2 Å². The second-order valence-corrected chi connectivity index (χ2v) is 4.94. The minimum Gasteiger partial charge on any atom is -0.359 e.